The molecule has 0 saturated carbocycles. The summed E-state index contributed by atoms with van der Waals surface area (Å²) in [7, 11) is 0. The zero-order valence-electron chi connectivity index (χ0n) is 14.2. The van der Waals surface area contributed by atoms with Gasteiger partial charge in [-0.3, -0.25) is 4.79 Å². The second kappa shape index (κ2) is 6.68. The van der Waals surface area contributed by atoms with E-state index in [0.29, 0.717) is 10.8 Å². The summed E-state index contributed by atoms with van der Waals surface area (Å²) in [4.78, 5) is 28.2. The van der Waals surface area contributed by atoms with Gasteiger partial charge in [0.2, 0.25) is 5.76 Å². The number of thiazole rings is 1. The zero-order chi connectivity index (χ0) is 18.0. The number of hydrogen-bond donors (Lipinski definition) is 1. The first-order valence-electron chi connectivity index (χ1n) is 7.76. The molecule has 1 amide bonds. The SMILES string of the molecule is CC(C)(C)NC(=O)COC(=O)c1ccc(-c2nc3ccccc3s2)o1. The van der Waals surface area contributed by atoms with Crippen molar-refractivity contribution in [3.05, 3.63) is 42.2 Å². The number of amides is 1. The molecule has 3 aromatic rings. The van der Waals surface area contributed by atoms with Gasteiger partial charge in [-0.1, -0.05) is 12.1 Å². The summed E-state index contributed by atoms with van der Waals surface area (Å²) in [5, 5.41) is 3.40. The van der Waals surface area contributed by atoms with Crippen molar-refractivity contribution in [3.8, 4) is 10.8 Å². The van der Waals surface area contributed by atoms with Gasteiger partial charge in [-0.2, -0.15) is 0 Å². The second-order valence-corrected chi connectivity index (χ2v) is 7.56. The van der Waals surface area contributed by atoms with Gasteiger partial charge in [0, 0.05) is 5.54 Å². The van der Waals surface area contributed by atoms with Crippen molar-refractivity contribution < 1.29 is 18.7 Å². The van der Waals surface area contributed by atoms with Gasteiger partial charge in [0.1, 0.15) is 0 Å². The Morgan fingerprint density at radius 2 is 1.96 bits per heavy atom. The highest BCUT2D eigenvalue weighted by Gasteiger charge is 2.19. The number of esters is 1. The number of rotatable bonds is 4. The fourth-order valence-electron chi connectivity index (χ4n) is 2.20. The molecule has 6 nitrogen and oxygen atoms in total. The lowest BCUT2D eigenvalue weighted by atomic mass is 10.1. The number of carbonyl (C=O) groups is 2. The summed E-state index contributed by atoms with van der Waals surface area (Å²) < 4.78 is 11.6. The van der Waals surface area contributed by atoms with E-state index in [1.807, 2.05) is 45.0 Å². The highest BCUT2D eigenvalue weighted by molar-refractivity contribution is 7.21. The lowest BCUT2D eigenvalue weighted by Crippen LogP contribution is -2.42. The maximum Gasteiger partial charge on any atom is 0.374 e. The number of aromatic nitrogens is 1. The molecule has 0 aliphatic heterocycles. The normalized spacial score (nSPS) is 11.5. The highest BCUT2D eigenvalue weighted by atomic mass is 32.1. The molecule has 0 atom stereocenters. The standard InChI is InChI=1S/C18H18N2O4S/c1-18(2,3)20-15(21)10-23-17(22)13-9-8-12(24-13)16-19-11-6-4-5-7-14(11)25-16/h4-9H,10H2,1-3H3,(H,20,21). The first-order chi connectivity index (χ1) is 11.8. The maximum absolute atomic E-state index is 12.0. The number of ether oxygens (including phenoxy) is 1. The first kappa shape index (κ1) is 17.2. The van der Waals surface area contributed by atoms with Gasteiger partial charge in [0.15, 0.2) is 17.4 Å². The summed E-state index contributed by atoms with van der Waals surface area (Å²) in [5.74, 6) is -0.514. The van der Waals surface area contributed by atoms with Crippen LogP contribution in [-0.4, -0.2) is 29.0 Å². The third-order valence-electron chi connectivity index (χ3n) is 3.16. The van der Waals surface area contributed by atoms with E-state index in [1.165, 1.54) is 17.4 Å². The van der Waals surface area contributed by atoms with Crippen LogP contribution in [0.15, 0.2) is 40.8 Å². The Bertz CT molecular complexity index is 887. The predicted molar refractivity (Wildman–Crippen MR) is 95.5 cm³/mol. The highest BCUT2D eigenvalue weighted by Crippen LogP contribution is 2.31. The Balaban J connectivity index is 1.66. The fraction of sp³-hybridized carbons (Fsp3) is 0.278. The molecule has 2 aromatic heterocycles. The van der Waals surface area contributed by atoms with Crippen molar-refractivity contribution >= 4 is 33.4 Å². The Morgan fingerprint density at radius 3 is 2.68 bits per heavy atom. The molecule has 0 aliphatic rings. The molecule has 0 fully saturated rings. The smallest absolute Gasteiger partial charge is 0.374 e. The predicted octanol–water partition coefficient (Wildman–Crippen LogP) is 3.63. The number of hydrogen-bond acceptors (Lipinski definition) is 6. The third-order valence-corrected chi connectivity index (χ3v) is 4.21. The van der Waals surface area contributed by atoms with Gasteiger partial charge in [-0.25, -0.2) is 9.78 Å². The van der Waals surface area contributed by atoms with E-state index < -0.39 is 5.97 Å². The molecular weight excluding hydrogens is 340 g/mol. The van der Waals surface area contributed by atoms with Gasteiger partial charge < -0.3 is 14.5 Å². The quantitative estimate of drug-likeness (QED) is 0.720. The second-order valence-electron chi connectivity index (χ2n) is 6.52. The first-order valence-corrected chi connectivity index (χ1v) is 8.57. The minimum Gasteiger partial charge on any atom is -0.450 e. The molecule has 0 spiro atoms. The molecule has 7 heteroatoms. The Hall–Kier alpha value is -2.67. The number of nitrogens with zero attached hydrogens (tertiary/aromatic N) is 1. The van der Waals surface area contributed by atoms with Crippen molar-refractivity contribution in [3.63, 3.8) is 0 Å². The van der Waals surface area contributed by atoms with Crippen LogP contribution in [0.2, 0.25) is 0 Å². The molecule has 1 aromatic carbocycles. The zero-order valence-corrected chi connectivity index (χ0v) is 15.0. The summed E-state index contributed by atoms with van der Waals surface area (Å²) in [6, 6.07) is 10.9. The van der Waals surface area contributed by atoms with Gasteiger partial charge in [-0.05, 0) is 45.0 Å². The van der Waals surface area contributed by atoms with Crippen LogP contribution >= 0.6 is 11.3 Å². The van der Waals surface area contributed by atoms with Crippen molar-refractivity contribution in [1.82, 2.24) is 10.3 Å². The summed E-state index contributed by atoms with van der Waals surface area (Å²) in [5.41, 5.74) is 0.496. The number of fused-ring (bicyclic) bond motifs is 1. The Kier molecular flexibility index (Phi) is 4.59. The molecule has 2 heterocycles. The molecule has 3 rings (SSSR count). The van der Waals surface area contributed by atoms with Crippen molar-refractivity contribution in [1.29, 1.82) is 0 Å². The van der Waals surface area contributed by atoms with Gasteiger partial charge in [-0.15, -0.1) is 11.3 Å². The molecule has 0 aliphatic carbocycles. The Labute approximate surface area is 148 Å². The number of nitrogens with one attached hydrogen (secondary N) is 1. The van der Waals surface area contributed by atoms with E-state index in [4.69, 9.17) is 9.15 Å². The summed E-state index contributed by atoms with van der Waals surface area (Å²) in [6.07, 6.45) is 0. The van der Waals surface area contributed by atoms with Crippen molar-refractivity contribution in [2.24, 2.45) is 0 Å². The fourth-order valence-corrected chi connectivity index (χ4v) is 3.12. The number of carbonyl (C=O) groups excluding carboxylic acids is 2. The van der Waals surface area contributed by atoms with Gasteiger partial charge >= 0.3 is 5.97 Å². The van der Waals surface area contributed by atoms with Crippen molar-refractivity contribution in [2.75, 3.05) is 6.61 Å². The van der Waals surface area contributed by atoms with Gasteiger partial charge in [0.05, 0.1) is 10.2 Å². The molecule has 0 bridgehead atoms. The summed E-state index contributed by atoms with van der Waals surface area (Å²) in [6.45, 7) is 5.20. The minimum atomic E-state index is -0.684. The van der Waals surface area contributed by atoms with Gasteiger partial charge in [0.25, 0.3) is 5.91 Å². The molecule has 25 heavy (non-hydrogen) atoms. The Morgan fingerprint density at radius 1 is 1.20 bits per heavy atom. The van der Waals surface area contributed by atoms with Crippen LogP contribution in [0.25, 0.3) is 21.0 Å². The average Bonchev–Trinajstić information content (AvgIpc) is 3.17. The van der Waals surface area contributed by atoms with E-state index in [-0.39, 0.29) is 23.8 Å². The molecule has 1 N–H and O–H groups in total. The lowest BCUT2D eigenvalue weighted by molar-refractivity contribution is -0.125. The molecule has 0 radical (unpaired) electrons. The number of para-hydroxylation sites is 1. The monoisotopic (exact) mass is 358 g/mol. The largest absolute Gasteiger partial charge is 0.450 e. The molecular formula is C18H18N2O4S. The van der Waals surface area contributed by atoms with Crippen LogP contribution in [-0.2, 0) is 9.53 Å². The number of benzene rings is 1. The van der Waals surface area contributed by atoms with E-state index in [2.05, 4.69) is 10.3 Å². The van der Waals surface area contributed by atoms with Crippen LogP contribution in [0, 0.1) is 0 Å². The molecule has 0 saturated heterocycles. The van der Waals surface area contributed by atoms with Crippen LogP contribution in [0.5, 0.6) is 0 Å². The van der Waals surface area contributed by atoms with Crippen LogP contribution in [0.4, 0.5) is 0 Å². The van der Waals surface area contributed by atoms with Crippen LogP contribution < -0.4 is 5.32 Å². The maximum atomic E-state index is 12.0. The summed E-state index contributed by atoms with van der Waals surface area (Å²) >= 11 is 1.48. The van der Waals surface area contributed by atoms with E-state index in [9.17, 15) is 9.59 Å². The van der Waals surface area contributed by atoms with E-state index >= 15 is 0 Å². The third kappa shape index (κ3) is 4.24. The van der Waals surface area contributed by atoms with E-state index in [1.54, 1.807) is 6.07 Å². The topological polar surface area (TPSA) is 81.4 Å². The van der Waals surface area contributed by atoms with Crippen LogP contribution in [0.1, 0.15) is 31.3 Å². The molecule has 0 unspecified atom stereocenters. The van der Waals surface area contributed by atoms with Crippen molar-refractivity contribution in [2.45, 2.75) is 26.3 Å². The average molecular weight is 358 g/mol. The lowest BCUT2D eigenvalue weighted by Gasteiger charge is -2.20. The molecule has 130 valence electrons. The minimum absolute atomic E-state index is 0.0396. The van der Waals surface area contributed by atoms with Crippen LogP contribution in [0.3, 0.4) is 0 Å². The van der Waals surface area contributed by atoms with E-state index in [0.717, 1.165) is 10.2 Å². The number of furan rings is 1.